The highest BCUT2D eigenvalue weighted by molar-refractivity contribution is 5.97. The summed E-state index contributed by atoms with van der Waals surface area (Å²) in [5.41, 5.74) is 1.13. The molecule has 0 aliphatic carbocycles. The summed E-state index contributed by atoms with van der Waals surface area (Å²) in [5, 5.41) is 7.42. The standard InChI is InChI=1S/C17H21N3O3/c1-3-18-17(22)13-6-4-7-14(10-13)20-16(21)11-19-12(2)15-8-5-9-23-15/h4-10,12,19H,3,11H2,1-2H3,(H,18,22)(H,20,21)/p+1/t12-/m1/s1. The molecule has 0 radical (unpaired) electrons. The highest BCUT2D eigenvalue weighted by atomic mass is 16.3. The van der Waals surface area contributed by atoms with Crippen LogP contribution >= 0.6 is 0 Å². The van der Waals surface area contributed by atoms with Gasteiger partial charge in [0.15, 0.2) is 12.3 Å². The number of quaternary nitrogens is 1. The van der Waals surface area contributed by atoms with E-state index in [1.54, 1.807) is 30.5 Å². The molecule has 2 rings (SSSR count). The first-order valence-corrected chi connectivity index (χ1v) is 7.65. The topological polar surface area (TPSA) is 88.0 Å². The Kier molecular flexibility index (Phi) is 5.94. The number of nitrogens with one attached hydrogen (secondary N) is 2. The van der Waals surface area contributed by atoms with Gasteiger partial charge in [0.05, 0.1) is 6.26 Å². The molecule has 4 N–H and O–H groups in total. The largest absolute Gasteiger partial charge is 0.463 e. The van der Waals surface area contributed by atoms with E-state index in [1.807, 2.05) is 31.3 Å². The van der Waals surface area contributed by atoms with Crippen molar-refractivity contribution in [2.75, 3.05) is 18.4 Å². The maximum absolute atomic E-state index is 12.0. The van der Waals surface area contributed by atoms with Gasteiger partial charge in [-0.25, -0.2) is 0 Å². The van der Waals surface area contributed by atoms with Gasteiger partial charge >= 0.3 is 0 Å². The van der Waals surface area contributed by atoms with Crippen molar-refractivity contribution in [3.63, 3.8) is 0 Å². The number of hydrogen-bond acceptors (Lipinski definition) is 3. The van der Waals surface area contributed by atoms with E-state index in [-0.39, 0.29) is 24.4 Å². The van der Waals surface area contributed by atoms with Crippen molar-refractivity contribution < 1.29 is 19.3 Å². The molecule has 6 nitrogen and oxygen atoms in total. The minimum atomic E-state index is -0.151. The molecule has 0 fully saturated rings. The lowest BCUT2D eigenvalue weighted by Crippen LogP contribution is -2.86. The van der Waals surface area contributed by atoms with Crippen LogP contribution in [-0.4, -0.2) is 24.9 Å². The van der Waals surface area contributed by atoms with Crippen LogP contribution in [0.5, 0.6) is 0 Å². The van der Waals surface area contributed by atoms with Crippen molar-refractivity contribution in [1.29, 1.82) is 0 Å². The molecule has 122 valence electrons. The first-order valence-electron chi connectivity index (χ1n) is 7.65. The van der Waals surface area contributed by atoms with E-state index in [9.17, 15) is 9.59 Å². The third kappa shape index (κ3) is 4.96. The molecule has 0 spiro atoms. The molecule has 1 heterocycles. The van der Waals surface area contributed by atoms with Crippen molar-refractivity contribution in [3.8, 4) is 0 Å². The van der Waals surface area contributed by atoms with Gasteiger partial charge in [0.2, 0.25) is 0 Å². The van der Waals surface area contributed by atoms with E-state index in [2.05, 4.69) is 10.6 Å². The number of nitrogens with two attached hydrogens (primary N) is 1. The van der Waals surface area contributed by atoms with Crippen LogP contribution in [0, 0.1) is 0 Å². The second-order valence-corrected chi connectivity index (χ2v) is 5.23. The fourth-order valence-electron chi connectivity index (χ4n) is 2.16. The smallest absolute Gasteiger partial charge is 0.279 e. The zero-order valence-corrected chi connectivity index (χ0v) is 13.3. The predicted molar refractivity (Wildman–Crippen MR) is 87.0 cm³/mol. The number of carbonyl (C=O) groups is 2. The molecule has 0 saturated heterocycles. The van der Waals surface area contributed by atoms with Gasteiger partial charge in [0.1, 0.15) is 6.04 Å². The van der Waals surface area contributed by atoms with Crippen molar-refractivity contribution in [2.45, 2.75) is 19.9 Å². The van der Waals surface area contributed by atoms with E-state index in [1.165, 1.54) is 0 Å². The van der Waals surface area contributed by atoms with E-state index in [0.29, 0.717) is 17.8 Å². The summed E-state index contributed by atoms with van der Waals surface area (Å²) in [6.45, 7) is 4.67. The van der Waals surface area contributed by atoms with Crippen molar-refractivity contribution in [2.24, 2.45) is 0 Å². The first kappa shape index (κ1) is 16.8. The van der Waals surface area contributed by atoms with Gasteiger partial charge in [0, 0.05) is 17.8 Å². The fraction of sp³-hybridized carbons (Fsp3) is 0.294. The molecular weight excluding hydrogens is 294 g/mol. The molecule has 1 aromatic carbocycles. The Labute approximate surface area is 135 Å². The van der Waals surface area contributed by atoms with Crippen LogP contribution in [0.1, 0.15) is 36.0 Å². The van der Waals surface area contributed by atoms with Gasteiger partial charge in [-0.05, 0) is 44.2 Å². The van der Waals surface area contributed by atoms with Gasteiger partial charge < -0.3 is 20.4 Å². The third-order valence-electron chi connectivity index (χ3n) is 3.39. The SMILES string of the molecule is CCNC(=O)c1cccc(NC(=O)C[NH2+][C@H](C)c2ccco2)c1. The summed E-state index contributed by atoms with van der Waals surface area (Å²) in [4.78, 5) is 23.8. The Morgan fingerprint density at radius 1 is 1.26 bits per heavy atom. The number of benzene rings is 1. The lowest BCUT2D eigenvalue weighted by Gasteiger charge is -2.09. The molecule has 0 saturated carbocycles. The molecule has 0 aliphatic rings. The van der Waals surface area contributed by atoms with Crippen LogP contribution in [-0.2, 0) is 4.79 Å². The maximum atomic E-state index is 12.0. The van der Waals surface area contributed by atoms with Crippen molar-refractivity contribution in [1.82, 2.24) is 5.32 Å². The molecule has 1 atom stereocenters. The van der Waals surface area contributed by atoms with Crippen LogP contribution in [0.25, 0.3) is 0 Å². The van der Waals surface area contributed by atoms with Crippen molar-refractivity contribution >= 4 is 17.5 Å². The quantitative estimate of drug-likeness (QED) is 0.719. The average Bonchev–Trinajstić information content (AvgIpc) is 3.07. The van der Waals surface area contributed by atoms with Crippen LogP contribution in [0.15, 0.2) is 47.1 Å². The van der Waals surface area contributed by atoms with Gasteiger partial charge in [-0.2, -0.15) is 0 Å². The number of rotatable bonds is 7. The normalized spacial score (nSPS) is 11.7. The average molecular weight is 316 g/mol. The van der Waals surface area contributed by atoms with Crippen LogP contribution in [0.4, 0.5) is 5.69 Å². The molecule has 6 heteroatoms. The number of amides is 2. The summed E-state index contributed by atoms with van der Waals surface area (Å²) in [6.07, 6.45) is 1.62. The van der Waals surface area contributed by atoms with Gasteiger partial charge in [-0.15, -0.1) is 0 Å². The Hall–Kier alpha value is -2.60. The van der Waals surface area contributed by atoms with E-state index in [4.69, 9.17) is 4.42 Å². The third-order valence-corrected chi connectivity index (χ3v) is 3.39. The van der Waals surface area contributed by atoms with Crippen LogP contribution in [0.2, 0.25) is 0 Å². The summed E-state index contributed by atoms with van der Waals surface area (Å²) >= 11 is 0. The highest BCUT2D eigenvalue weighted by Crippen LogP contribution is 2.10. The molecule has 23 heavy (non-hydrogen) atoms. The van der Waals surface area contributed by atoms with Crippen LogP contribution < -0.4 is 16.0 Å². The van der Waals surface area contributed by atoms with Crippen LogP contribution in [0.3, 0.4) is 0 Å². The number of furan rings is 1. The Morgan fingerprint density at radius 3 is 2.78 bits per heavy atom. The van der Waals surface area contributed by atoms with Gasteiger partial charge in [-0.1, -0.05) is 6.07 Å². The Bertz CT molecular complexity index is 653. The molecule has 0 aliphatic heterocycles. The second kappa shape index (κ2) is 8.14. The minimum Gasteiger partial charge on any atom is -0.463 e. The number of carbonyl (C=O) groups excluding carboxylic acids is 2. The monoisotopic (exact) mass is 316 g/mol. The van der Waals surface area contributed by atoms with E-state index in [0.717, 1.165) is 5.76 Å². The van der Waals surface area contributed by atoms with E-state index < -0.39 is 0 Å². The minimum absolute atomic E-state index is 0.0671. The summed E-state index contributed by atoms with van der Waals surface area (Å²) < 4.78 is 5.30. The molecule has 2 aromatic rings. The molecular formula is C17H22N3O3+. The number of hydrogen-bond donors (Lipinski definition) is 3. The zero-order valence-electron chi connectivity index (χ0n) is 13.3. The first-order chi connectivity index (χ1) is 11.1. The van der Waals surface area contributed by atoms with E-state index >= 15 is 0 Å². The maximum Gasteiger partial charge on any atom is 0.279 e. The van der Waals surface area contributed by atoms with Gasteiger partial charge in [-0.3, -0.25) is 9.59 Å². The predicted octanol–water partition coefficient (Wildman–Crippen LogP) is 1.29. The lowest BCUT2D eigenvalue weighted by molar-refractivity contribution is -0.684. The molecule has 0 bridgehead atoms. The lowest BCUT2D eigenvalue weighted by atomic mass is 10.2. The molecule has 2 amide bonds. The Morgan fingerprint density at radius 2 is 2.09 bits per heavy atom. The molecule has 0 unspecified atom stereocenters. The zero-order chi connectivity index (χ0) is 16.7. The summed E-state index contributed by atoms with van der Waals surface area (Å²) in [6, 6.07) is 10.7. The second-order valence-electron chi connectivity index (χ2n) is 5.23. The Balaban J connectivity index is 1.87. The fourth-order valence-corrected chi connectivity index (χ4v) is 2.16. The molecule has 1 aromatic heterocycles. The highest BCUT2D eigenvalue weighted by Gasteiger charge is 2.14. The van der Waals surface area contributed by atoms with Gasteiger partial charge in [0.25, 0.3) is 11.8 Å². The number of anilines is 1. The summed E-state index contributed by atoms with van der Waals surface area (Å²) in [7, 11) is 0. The summed E-state index contributed by atoms with van der Waals surface area (Å²) in [5.74, 6) is 0.550. The van der Waals surface area contributed by atoms with Crippen molar-refractivity contribution in [3.05, 3.63) is 54.0 Å².